The third kappa shape index (κ3) is 1.73. The third-order valence-corrected chi connectivity index (χ3v) is 5.59. The lowest BCUT2D eigenvalue weighted by Crippen LogP contribution is -2.67. The van der Waals surface area contributed by atoms with Crippen LogP contribution in [0.4, 0.5) is 5.69 Å². The van der Waals surface area contributed by atoms with E-state index in [-0.39, 0.29) is 5.69 Å². The molecular weight excluding hydrogens is 268 g/mol. The molecule has 0 aliphatic carbocycles. The van der Waals surface area contributed by atoms with Crippen LogP contribution in [0.5, 0.6) is 5.75 Å². The predicted molar refractivity (Wildman–Crippen MR) is 71.4 cm³/mol. The summed E-state index contributed by atoms with van der Waals surface area (Å²) >= 11 is 0. The first-order valence-corrected chi connectivity index (χ1v) is 7.17. The summed E-state index contributed by atoms with van der Waals surface area (Å²) in [6.45, 7) is 3.09. The van der Waals surface area contributed by atoms with Crippen LogP contribution in [0.1, 0.15) is 19.4 Å². The summed E-state index contributed by atoms with van der Waals surface area (Å²) < 4.78 is 28.8. The summed E-state index contributed by atoms with van der Waals surface area (Å²) in [6, 6.07) is 4.83. The summed E-state index contributed by atoms with van der Waals surface area (Å²) in [5, 5.41) is 0. The maximum atomic E-state index is 12.1. The fraction of sp³-hybridized carbons (Fsp3) is 0.417. The Kier molecular flexibility index (Phi) is 3.06. The molecule has 19 heavy (non-hydrogen) atoms. The number of carbonyl (C=O) groups excluding carboxylic acids is 1. The molecule has 1 saturated heterocycles. The number of anilines is 1. The van der Waals surface area contributed by atoms with E-state index in [0.29, 0.717) is 12.3 Å². The number of carbonyl (C=O) groups is 1. The van der Waals surface area contributed by atoms with Gasteiger partial charge in [-0.05, 0) is 31.5 Å². The first-order chi connectivity index (χ1) is 8.77. The second kappa shape index (κ2) is 4.21. The first-order valence-electron chi connectivity index (χ1n) is 5.73. The molecule has 0 radical (unpaired) electrons. The molecule has 0 bridgehead atoms. The Balaban J connectivity index is 2.53. The van der Waals surface area contributed by atoms with Gasteiger partial charge in [-0.1, -0.05) is 6.07 Å². The molecule has 1 fully saturated rings. The normalized spacial score (nSPS) is 20.0. The molecule has 2 N–H and O–H groups in total. The Morgan fingerprint density at radius 2 is 2.00 bits per heavy atom. The first kappa shape index (κ1) is 13.8. The van der Waals surface area contributed by atoms with Crippen LogP contribution in [-0.4, -0.2) is 26.2 Å². The minimum absolute atomic E-state index is 0.226. The number of nitrogens with zero attached hydrogens (tertiary/aromatic N) is 1. The number of sulfonamides is 1. The predicted octanol–water partition coefficient (Wildman–Crippen LogP) is 0.609. The summed E-state index contributed by atoms with van der Waals surface area (Å²) in [4.78, 5) is 12.0. The van der Waals surface area contributed by atoms with Crippen molar-refractivity contribution in [3.8, 4) is 5.75 Å². The van der Waals surface area contributed by atoms with Crippen molar-refractivity contribution in [3.05, 3.63) is 23.8 Å². The molecule has 0 spiro atoms. The fourth-order valence-corrected chi connectivity index (χ4v) is 3.40. The van der Waals surface area contributed by atoms with E-state index in [0.717, 1.165) is 9.87 Å². The van der Waals surface area contributed by atoms with Crippen molar-refractivity contribution in [2.45, 2.75) is 25.1 Å². The van der Waals surface area contributed by atoms with Crippen molar-refractivity contribution in [1.29, 1.82) is 0 Å². The van der Waals surface area contributed by atoms with Gasteiger partial charge in [-0.2, -0.15) is 0 Å². The maximum Gasteiger partial charge on any atom is 0.263 e. The van der Waals surface area contributed by atoms with Crippen molar-refractivity contribution in [3.63, 3.8) is 0 Å². The van der Waals surface area contributed by atoms with Crippen LogP contribution in [0.3, 0.4) is 0 Å². The zero-order chi connectivity index (χ0) is 14.4. The quantitative estimate of drug-likeness (QED) is 0.878. The number of amides is 1. The summed E-state index contributed by atoms with van der Waals surface area (Å²) in [5.74, 6) is -0.151. The Morgan fingerprint density at radius 3 is 2.47 bits per heavy atom. The van der Waals surface area contributed by atoms with Gasteiger partial charge in [-0.25, -0.2) is 12.7 Å². The van der Waals surface area contributed by atoms with Gasteiger partial charge in [0.25, 0.3) is 15.9 Å². The van der Waals surface area contributed by atoms with E-state index in [4.69, 9.17) is 10.5 Å². The van der Waals surface area contributed by atoms with Crippen molar-refractivity contribution in [2.75, 3.05) is 11.4 Å². The average molecular weight is 284 g/mol. The number of benzene rings is 1. The number of hydrogen-bond donors (Lipinski definition) is 1. The second-order valence-corrected chi connectivity index (χ2v) is 7.13. The molecule has 1 aromatic rings. The zero-order valence-corrected chi connectivity index (χ0v) is 11.8. The van der Waals surface area contributed by atoms with Crippen molar-refractivity contribution in [2.24, 2.45) is 5.73 Å². The van der Waals surface area contributed by atoms with Gasteiger partial charge in [0, 0.05) is 6.54 Å². The molecule has 1 aromatic carbocycles. The molecule has 1 heterocycles. The molecule has 0 atom stereocenters. The number of nitrogens with two attached hydrogens (primary N) is 1. The molecule has 6 nitrogen and oxygen atoms in total. The van der Waals surface area contributed by atoms with Gasteiger partial charge in [0.2, 0.25) is 0 Å². The lowest BCUT2D eigenvalue weighted by molar-refractivity contribution is -0.120. The minimum atomic E-state index is -3.68. The van der Waals surface area contributed by atoms with E-state index in [1.165, 1.54) is 27.0 Å². The van der Waals surface area contributed by atoms with Crippen LogP contribution in [-0.2, 0) is 21.4 Å². The highest BCUT2D eigenvalue weighted by Gasteiger charge is 2.61. The SMILES string of the molecule is COc1cc(CN)ccc1N1C(=O)C(C)(C)S1(=O)=O. The number of methoxy groups -OCH3 is 1. The highest BCUT2D eigenvalue weighted by atomic mass is 32.2. The second-order valence-electron chi connectivity index (χ2n) is 4.80. The highest BCUT2D eigenvalue weighted by Crippen LogP contribution is 2.43. The summed E-state index contributed by atoms with van der Waals surface area (Å²) in [6.07, 6.45) is 0. The summed E-state index contributed by atoms with van der Waals surface area (Å²) in [7, 11) is -2.26. The fourth-order valence-electron chi connectivity index (χ4n) is 1.91. The maximum absolute atomic E-state index is 12.1. The number of hydrogen-bond acceptors (Lipinski definition) is 5. The van der Waals surface area contributed by atoms with E-state index in [2.05, 4.69) is 0 Å². The van der Waals surface area contributed by atoms with Gasteiger partial charge in [0.1, 0.15) is 11.4 Å². The van der Waals surface area contributed by atoms with E-state index < -0.39 is 20.7 Å². The van der Waals surface area contributed by atoms with E-state index in [1.54, 1.807) is 12.1 Å². The van der Waals surface area contributed by atoms with Crippen molar-refractivity contribution < 1.29 is 17.9 Å². The van der Waals surface area contributed by atoms with Crippen LogP contribution < -0.4 is 14.8 Å². The standard InChI is InChI=1S/C12H16N2O4S/c1-12(2)11(15)14(19(12,16)17)9-5-4-8(7-13)6-10(9)18-3/h4-6H,7,13H2,1-3H3. The summed E-state index contributed by atoms with van der Waals surface area (Å²) in [5.41, 5.74) is 6.54. The van der Waals surface area contributed by atoms with E-state index in [9.17, 15) is 13.2 Å². The molecule has 104 valence electrons. The molecule has 1 amide bonds. The molecule has 0 aromatic heterocycles. The lowest BCUT2D eigenvalue weighted by atomic mass is 10.1. The Hall–Kier alpha value is -1.60. The largest absolute Gasteiger partial charge is 0.495 e. The molecule has 7 heteroatoms. The molecule has 1 aliphatic rings. The van der Waals surface area contributed by atoms with E-state index in [1.807, 2.05) is 0 Å². The minimum Gasteiger partial charge on any atom is -0.495 e. The van der Waals surface area contributed by atoms with Gasteiger partial charge in [0.05, 0.1) is 7.11 Å². The monoisotopic (exact) mass is 284 g/mol. The van der Waals surface area contributed by atoms with Gasteiger partial charge < -0.3 is 10.5 Å². The van der Waals surface area contributed by atoms with Crippen LogP contribution in [0.15, 0.2) is 18.2 Å². The van der Waals surface area contributed by atoms with Crippen LogP contribution >= 0.6 is 0 Å². The topological polar surface area (TPSA) is 89.7 Å². The third-order valence-electron chi connectivity index (χ3n) is 3.28. The smallest absolute Gasteiger partial charge is 0.263 e. The molecule has 0 unspecified atom stereocenters. The molecular formula is C12H16N2O4S. The Bertz CT molecular complexity index is 637. The van der Waals surface area contributed by atoms with Crippen LogP contribution in [0.2, 0.25) is 0 Å². The molecule has 2 rings (SSSR count). The van der Waals surface area contributed by atoms with E-state index >= 15 is 0 Å². The Morgan fingerprint density at radius 1 is 1.37 bits per heavy atom. The Labute approximate surface area is 112 Å². The van der Waals surface area contributed by atoms with Crippen molar-refractivity contribution in [1.82, 2.24) is 0 Å². The number of ether oxygens (including phenoxy) is 1. The lowest BCUT2D eigenvalue weighted by Gasteiger charge is -2.43. The average Bonchev–Trinajstić information content (AvgIpc) is 2.38. The van der Waals surface area contributed by atoms with Crippen molar-refractivity contribution >= 4 is 21.6 Å². The zero-order valence-electron chi connectivity index (χ0n) is 11.0. The number of rotatable bonds is 3. The van der Waals surface area contributed by atoms with Gasteiger partial charge >= 0.3 is 0 Å². The molecule has 1 aliphatic heterocycles. The van der Waals surface area contributed by atoms with Crippen LogP contribution in [0.25, 0.3) is 0 Å². The van der Waals surface area contributed by atoms with Gasteiger partial charge in [0.15, 0.2) is 4.75 Å². The highest BCUT2D eigenvalue weighted by molar-refractivity contribution is 7.98. The van der Waals surface area contributed by atoms with Gasteiger partial charge in [-0.15, -0.1) is 0 Å². The van der Waals surface area contributed by atoms with Crippen LogP contribution in [0, 0.1) is 0 Å². The van der Waals surface area contributed by atoms with Gasteiger partial charge in [-0.3, -0.25) is 4.79 Å². The molecule has 0 saturated carbocycles.